The van der Waals surface area contributed by atoms with E-state index in [2.05, 4.69) is 22.2 Å². The van der Waals surface area contributed by atoms with Gasteiger partial charge in [-0.25, -0.2) is 9.99 Å². The average molecular weight is 488 g/mol. The molecule has 186 valence electrons. The number of amides is 2. The number of nitrogens with zero attached hydrogens (tertiary/aromatic N) is 4. The highest BCUT2D eigenvalue weighted by molar-refractivity contribution is 6.06. The fourth-order valence-electron chi connectivity index (χ4n) is 4.01. The van der Waals surface area contributed by atoms with Gasteiger partial charge in [0.05, 0.1) is 32.2 Å². The molecule has 0 aliphatic carbocycles. The van der Waals surface area contributed by atoms with Crippen LogP contribution in [0.15, 0.2) is 66.2 Å². The van der Waals surface area contributed by atoms with E-state index >= 15 is 0 Å². The van der Waals surface area contributed by atoms with Gasteiger partial charge >= 0.3 is 0 Å². The lowest BCUT2D eigenvalue weighted by atomic mass is 9.89. The summed E-state index contributed by atoms with van der Waals surface area (Å²) >= 11 is 0. The Bertz CT molecular complexity index is 1240. The summed E-state index contributed by atoms with van der Waals surface area (Å²) in [5, 5.41) is 9.07. The summed E-state index contributed by atoms with van der Waals surface area (Å²) < 4.78 is 11.1. The SMILES string of the molecule is CCOc1ccc(C2=NN(Cc3ccc(NC(=O)c4cnccn4)cc3)C(=O)CC2CC)cc1OC. The number of benzene rings is 2. The van der Waals surface area contributed by atoms with E-state index in [1.54, 1.807) is 19.2 Å². The van der Waals surface area contributed by atoms with Crippen molar-refractivity contribution in [2.45, 2.75) is 33.2 Å². The molecule has 9 heteroatoms. The number of hydrogen-bond acceptors (Lipinski definition) is 7. The molecule has 0 saturated carbocycles. The fraction of sp³-hybridized carbons (Fsp3) is 0.296. The lowest BCUT2D eigenvalue weighted by Gasteiger charge is -2.29. The number of ether oxygens (including phenoxy) is 2. The zero-order chi connectivity index (χ0) is 25.5. The predicted octanol–water partition coefficient (Wildman–Crippen LogP) is 4.30. The Morgan fingerprint density at radius 2 is 1.92 bits per heavy atom. The van der Waals surface area contributed by atoms with Crippen LogP contribution < -0.4 is 14.8 Å². The molecule has 1 aliphatic rings. The topological polar surface area (TPSA) is 106 Å². The minimum absolute atomic E-state index is 0.0232. The summed E-state index contributed by atoms with van der Waals surface area (Å²) in [5.74, 6) is 0.966. The van der Waals surface area contributed by atoms with Gasteiger partial charge in [0.25, 0.3) is 5.91 Å². The maximum atomic E-state index is 12.9. The highest BCUT2D eigenvalue weighted by Crippen LogP contribution is 2.32. The number of rotatable bonds is 9. The van der Waals surface area contributed by atoms with Gasteiger partial charge in [-0.2, -0.15) is 5.10 Å². The molecule has 2 amide bonds. The first kappa shape index (κ1) is 24.8. The standard InChI is InChI=1S/C27H29N5O4/c1-4-19-15-25(33)32(31-26(19)20-8-11-23(36-5-2)24(14-20)35-3)17-18-6-9-21(10-7-18)30-27(34)22-16-28-12-13-29-22/h6-14,16,19H,4-5,15,17H2,1-3H3,(H,30,34). The molecule has 0 bridgehead atoms. The zero-order valence-corrected chi connectivity index (χ0v) is 20.6. The Morgan fingerprint density at radius 1 is 1.11 bits per heavy atom. The molecule has 3 aromatic rings. The minimum atomic E-state index is -0.340. The van der Waals surface area contributed by atoms with Crippen LogP contribution in [-0.2, 0) is 11.3 Å². The first-order valence-electron chi connectivity index (χ1n) is 11.9. The smallest absolute Gasteiger partial charge is 0.275 e. The number of aromatic nitrogens is 2. The summed E-state index contributed by atoms with van der Waals surface area (Å²) in [6.07, 6.45) is 5.57. The van der Waals surface area contributed by atoms with Gasteiger partial charge < -0.3 is 14.8 Å². The lowest BCUT2D eigenvalue weighted by molar-refractivity contribution is -0.133. The van der Waals surface area contributed by atoms with Crippen LogP contribution in [0.3, 0.4) is 0 Å². The first-order valence-corrected chi connectivity index (χ1v) is 11.9. The minimum Gasteiger partial charge on any atom is -0.493 e. The summed E-state index contributed by atoms with van der Waals surface area (Å²) in [6, 6.07) is 13.0. The van der Waals surface area contributed by atoms with Crippen LogP contribution in [0.1, 0.15) is 48.3 Å². The molecule has 9 nitrogen and oxygen atoms in total. The van der Waals surface area contributed by atoms with Gasteiger partial charge in [-0.15, -0.1) is 0 Å². The Kier molecular flexibility index (Phi) is 7.89. The molecule has 1 atom stereocenters. The van der Waals surface area contributed by atoms with Crippen LogP contribution in [0.5, 0.6) is 11.5 Å². The summed E-state index contributed by atoms with van der Waals surface area (Å²) in [6.45, 7) is 4.85. The number of hydrogen-bond donors (Lipinski definition) is 1. The molecule has 2 aromatic carbocycles. The molecule has 1 N–H and O–H groups in total. The molecule has 4 rings (SSSR count). The normalized spacial score (nSPS) is 15.3. The molecule has 0 radical (unpaired) electrons. The Morgan fingerprint density at radius 3 is 2.58 bits per heavy atom. The van der Waals surface area contributed by atoms with Crippen molar-refractivity contribution in [3.8, 4) is 11.5 Å². The Balaban J connectivity index is 1.52. The van der Waals surface area contributed by atoms with Crippen LogP contribution in [0.25, 0.3) is 0 Å². The second-order valence-corrected chi connectivity index (χ2v) is 8.29. The van der Waals surface area contributed by atoms with Crippen molar-refractivity contribution >= 4 is 23.2 Å². The highest BCUT2D eigenvalue weighted by Gasteiger charge is 2.29. The second kappa shape index (κ2) is 11.4. The molecule has 0 fully saturated rings. The molecule has 1 aliphatic heterocycles. The van der Waals surface area contributed by atoms with Gasteiger partial charge in [0.1, 0.15) is 5.69 Å². The van der Waals surface area contributed by atoms with Crippen molar-refractivity contribution in [1.29, 1.82) is 0 Å². The molecule has 1 unspecified atom stereocenters. The summed E-state index contributed by atoms with van der Waals surface area (Å²) in [7, 11) is 1.61. The molecular weight excluding hydrogens is 458 g/mol. The third kappa shape index (κ3) is 5.68. The van der Waals surface area contributed by atoms with Crippen LogP contribution in [-0.4, -0.2) is 46.2 Å². The maximum Gasteiger partial charge on any atom is 0.275 e. The molecule has 0 spiro atoms. The Hall–Kier alpha value is -4.27. The van der Waals surface area contributed by atoms with E-state index in [0.29, 0.717) is 36.8 Å². The van der Waals surface area contributed by atoms with Crippen LogP contribution >= 0.6 is 0 Å². The number of hydrazone groups is 1. The third-order valence-electron chi connectivity index (χ3n) is 5.92. The van der Waals surface area contributed by atoms with Crippen LogP contribution in [0.2, 0.25) is 0 Å². The van der Waals surface area contributed by atoms with Crippen molar-refractivity contribution in [2.24, 2.45) is 11.0 Å². The number of nitrogens with one attached hydrogen (secondary N) is 1. The molecule has 1 aromatic heterocycles. The van der Waals surface area contributed by atoms with E-state index in [1.165, 1.54) is 23.6 Å². The number of anilines is 1. The van der Waals surface area contributed by atoms with E-state index in [0.717, 1.165) is 23.3 Å². The zero-order valence-electron chi connectivity index (χ0n) is 20.6. The van der Waals surface area contributed by atoms with Crippen LogP contribution in [0, 0.1) is 5.92 Å². The highest BCUT2D eigenvalue weighted by atomic mass is 16.5. The van der Waals surface area contributed by atoms with E-state index in [4.69, 9.17) is 14.6 Å². The van der Waals surface area contributed by atoms with Crippen molar-refractivity contribution in [3.63, 3.8) is 0 Å². The van der Waals surface area contributed by atoms with Gasteiger partial charge in [0.15, 0.2) is 11.5 Å². The van der Waals surface area contributed by atoms with E-state index in [9.17, 15) is 9.59 Å². The van der Waals surface area contributed by atoms with Crippen molar-refractivity contribution in [1.82, 2.24) is 15.0 Å². The van der Waals surface area contributed by atoms with Gasteiger partial charge in [-0.3, -0.25) is 14.6 Å². The van der Waals surface area contributed by atoms with Crippen LogP contribution in [0.4, 0.5) is 5.69 Å². The van der Waals surface area contributed by atoms with Gasteiger partial charge in [0, 0.05) is 36.0 Å². The van der Waals surface area contributed by atoms with E-state index in [-0.39, 0.29) is 23.4 Å². The molecule has 0 saturated heterocycles. The third-order valence-corrected chi connectivity index (χ3v) is 5.92. The monoisotopic (exact) mass is 487 g/mol. The van der Waals surface area contributed by atoms with Gasteiger partial charge in [0.2, 0.25) is 5.91 Å². The van der Waals surface area contributed by atoms with Crippen molar-refractivity contribution in [3.05, 3.63) is 77.9 Å². The molecule has 36 heavy (non-hydrogen) atoms. The predicted molar refractivity (Wildman–Crippen MR) is 136 cm³/mol. The number of carbonyl (C=O) groups excluding carboxylic acids is 2. The summed E-state index contributed by atoms with van der Waals surface area (Å²) in [4.78, 5) is 33.1. The molecular formula is C27H29N5O4. The van der Waals surface area contributed by atoms with E-state index < -0.39 is 0 Å². The summed E-state index contributed by atoms with van der Waals surface area (Å²) in [5.41, 5.74) is 3.51. The van der Waals surface area contributed by atoms with E-state index in [1.807, 2.05) is 37.3 Å². The van der Waals surface area contributed by atoms with Crippen molar-refractivity contribution in [2.75, 3.05) is 19.0 Å². The second-order valence-electron chi connectivity index (χ2n) is 8.29. The first-order chi connectivity index (χ1) is 17.5. The quantitative estimate of drug-likeness (QED) is 0.482. The number of carbonyl (C=O) groups is 2. The fourth-order valence-corrected chi connectivity index (χ4v) is 4.01. The number of methoxy groups -OCH3 is 1. The molecule has 2 heterocycles. The average Bonchev–Trinajstić information content (AvgIpc) is 2.91. The largest absolute Gasteiger partial charge is 0.493 e. The van der Waals surface area contributed by atoms with Crippen molar-refractivity contribution < 1.29 is 19.1 Å². The van der Waals surface area contributed by atoms with Gasteiger partial charge in [-0.05, 0) is 49.2 Å². The lowest BCUT2D eigenvalue weighted by Crippen LogP contribution is -2.36. The maximum absolute atomic E-state index is 12.9. The van der Waals surface area contributed by atoms with Gasteiger partial charge in [-0.1, -0.05) is 19.1 Å². The Labute approximate surface area is 210 Å².